The molecule has 0 N–H and O–H groups in total. The molecule has 0 atom stereocenters. The highest BCUT2D eigenvalue weighted by Crippen LogP contribution is 2.20. The molecule has 3 aromatic rings. The Labute approximate surface area is 161 Å². The molecule has 7 heteroatoms. The second-order valence-corrected chi connectivity index (χ2v) is 7.02. The second kappa shape index (κ2) is 8.18. The Bertz CT molecular complexity index is 941. The summed E-state index contributed by atoms with van der Waals surface area (Å²) < 4.78 is 5.63. The fraction of sp³-hybridized carbons (Fsp3) is 0.200. The minimum atomic E-state index is -0.0614. The smallest absolute Gasteiger partial charge is 0.277 e. The first-order valence-electron chi connectivity index (χ1n) is 8.70. The Balaban J connectivity index is 1.32. The van der Waals surface area contributed by atoms with Crippen LogP contribution in [0.25, 0.3) is 0 Å². The Morgan fingerprint density at radius 3 is 2.56 bits per heavy atom. The summed E-state index contributed by atoms with van der Waals surface area (Å²) in [4.78, 5) is 12.4. The topological polar surface area (TPSA) is 71.6 Å². The van der Waals surface area contributed by atoms with Gasteiger partial charge in [0.05, 0.1) is 24.4 Å². The molecule has 0 bridgehead atoms. The molecule has 1 aliphatic heterocycles. The molecule has 27 heavy (non-hydrogen) atoms. The number of thioether (sulfide) groups is 1. The third kappa shape index (κ3) is 4.43. The van der Waals surface area contributed by atoms with Gasteiger partial charge in [-0.2, -0.15) is 5.10 Å². The number of amides is 1. The minimum Gasteiger partial charge on any atom is -0.416 e. The average molecular weight is 378 g/mol. The Morgan fingerprint density at radius 1 is 1.04 bits per heavy atom. The summed E-state index contributed by atoms with van der Waals surface area (Å²) >= 11 is 1.24. The van der Waals surface area contributed by atoms with Crippen LogP contribution in [-0.2, 0) is 11.2 Å². The number of carbonyl (C=O) groups excluding carboxylic acids is 1. The van der Waals surface area contributed by atoms with Gasteiger partial charge in [0.25, 0.3) is 11.1 Å². The van der Waals surface area contributed by atoms with Crippen molar-refractivity contribution in [2.45, 2.75) is 18.1 Å². The van der Waals surface area contributed by atoms with Crippen molar-refractivity contribution in [2.75, 3.05) is 12.3 Å². The normalized spacial score (nSPS) is 13.6. The van der Waals surface area contributed by atoms with Gasteiger partial charge < -0.3 is 4.42 Å². The van der Waals surface area contributed by atoms with Gasteiger partial charge in [-0.1, -0.05) is 72.4 Å². The van der Waals surface area contributed by atoms with Crippen LogP contribution in [0.2, 0.25) is 0 Å². The first-order chi connectivity index (χ1) is 13.3. The van der Waals surface area contributed by atoms with E-state index in [0.29, 0.717) is 24.1 Å². The van der Waals surface area contributed by atoms with Crippen molar-refractivity contribution in [3.63, 3.8) is 0 Å². The summed E-state index contributed by atoms with van der Waals surface area (Å²) in [7, 11) is 0. The van der Waals surface area contributed by atoms with Crippen LogP contribution in [0.15, 0.2) is 75.4 Å². The van der Waals surface area contributed by atoms with E-state index in [1.807, 2.05) is 60.7 Å². The van der Waals surface area contributed by atoms with E-state index >= 15 is 0 Å². The fourth-order valence-corrected chi connectivity index (χ4v) is 3.46. The van der Waals surface area contributed by atoms with Crippen LogP contribution in [0.1, 0.15) is 23.4 Å². The molecule has 0 unspecified atom stereocenters. The minimum absolute atomic E-state index is 0.0614. The lowest BCUT2D eigenvalue weighted by Crippen LogP contribution is -2.25. The summed E-state index contributed by atoms with van der Waals surface area (Å²) in [6, 6.07) is 19.9. The Kier molecular flexibility index (Phi) is 5.29. The molecule has 4 rings (SSSR count). The predicted octanol–water partition coefficient (Wildman–Crippen LogP) is 3.39. The van der Waals surface area contributed by atoms with Gasteiger partial charge in [-0.3, -0.25) is 4.79 Å². The van der Waals surface area contributed by atoms with Crippen molar-refractivity contribution in [2.24, 2.45) is 5.10 Å². The van der Waals surface area contributed by atoms with Crippen molar-refractivity contribution in [3.05, 3.63) is 77.7 Å². The summed E-state index contributed by atoms with van der Waals surface area (Å²) in [5.74, 6) is 0.703. The van der Waals surface area contributed by atoms with Crippen LogP contribution < -0.4 is 0 Å². The fourth-order valence-electron chi connectivity index (χ4n) is 2.81. The van der Waals surface area contributed by atoms with E-state index in [1.165, 1.54) is 16.8 Å². The molecule has 0 spiro atoms. The van der Waals surface area contributed by atoms with Crippen LogP contribution in [-0.4, -0.2) is 39.1 Å². The highest BCUT2D eigenvalue weighted by atomic mass is 32.2. The van der Waals surface area contributed by atoms with Crippen LogP contribution >= 0.6 is 11.8 Å². The van der Waals surface area contributed by atoms with E-state index in [2.05, 4.69) is 15.3 Å². The maximum Gasteiger partial charge on any atom is 0.277 e. The van der Waals surface area contributed by atoms with E-state index < -0.39 is 0 Å². The molecule has 2 heterocycles. The lowest BCUT2D eigenvalue weighted by molar-refractivity contribution is -0.127. The van der Waals surface area contributed by atoms with E-state index in [9.17, 15) is 4.79 Å². The van der Waals surface area contributed by atoms with Crippen molar-refractivity contribution in [1.29, 1.82) is 0 Å². The maximum atomic E-state index is 12.4. The van der Waals surface area contributed by atoms with Gasteiger partial charge in [0.15, 0.2) is 0 Å². The summed E-state index contributed by atoms with van der Waals surface area (Å²) in [6.07, 6.45) is 1.35. The molecular formula is C20H18N4O2S. The highest BCUT2D eigenvalue weighted by Gasteiger charge is 2.22. The number of nitrogens with zero attached hydrogens (tertiary/aromatic N) is 4. The van der Waals surface area contributed by atoms with E-state index in [0.717, 1.165) is 23.3 Å². The molecule has 1 amide bonds. The first-order valence-corrected chi connectivity index (χ1v) is 9.69. The monoisotopic (exact) mass is 378 g/mol. The number of carbonyl (C=O) groups is 1. The number of hydrazone groups is 1. The van der Waals surface area contributed by atoms with Crippen LogP contribution in [0.4, 0.5) is 0 Å². The molecule has 0 saturated carbocycles. The van der Waals surface area contributed by atoms with Crippen molar-refractivity contribution in [3.8, 4) is 0 Å². The van der Waals surface area contributed by atoms with Gasteiger partial charge in [-0.25, -0.2) is 5.01 Å². The maximum absolute atomic E-state index is 12.4. The average Bonchev–Trinajstić information content (AvgIpc) is 3.37. The van der Waals surface area contributed by atoms with E-state index in [4.69, 9.17) is 4.42 Å². The number of benzene rings is 2. The van der Waals surface area contributed by atoms with Gasteiger partial charge >= 0.3 is 0 Å². The zero-order valence-electron chi connectivity index (χ0n) is 14.6. The molecule has 0 aliphatic carbocycles. The molecule has 0 saturated heterocycles. The quantitative estimate of drug-likeness (QED) is 0.615. The molecular weight excluding hydrogens is 360 g/mol. The van der Waals surface area contributed by atoms with Gasteiger partial charge in [-0.05, 0) is 11.1 Å². The zero-order chi connectivity index (χ0) is 18.5. The van der Waals surface area contributed by atoms with Crippen molar-refractivity contribution in [1.82, 2.24) is 15.2 Å². The summed E-state index contributed by atoms with van der Waals surface area (Å²) in [5, 5.41) is 14.4. The third-order valence-corrected chi connectivity index (χ3v) is 4.97. The Hall–Kier alpha value is -2.93. The predicted molar refractivity (Wildman–Crippen MR) is 104 cm³/mol. The summed E-state index contributed by atoms with van der Waals surface area (Å²) in [6.45, 7) is 0.604. The number of hydrogen-bond donors (Lipinski definition) is 0. The van der Waals surface area contributed by atoms with E-state index in [-0.39, 0.29) is 11.7 Å². The molecule has 2 aromatic carbocycles. The summed E-state index contributed by atoms with van der Waals surface area (Å²) in [5.41, 5.74) is 3.11. The molecule has 0 fully saturated rings. The number of aromatic nitrogens is 2. The van der Waals surface area contributed by atoms with Crippen molar-refractivity contribution < 1.29 is 9.21 Å². The highest BCUT2D eigenvalue weighted by molar-refractivity contribution is 7.99. The van der Waals surface area contributed by atoms with Gasteiger partial charge in [0.1, 0.15) is 0 Å². The number of rotatable bonds is 6. The molecule has 0 radical (unpaired) electrons. The van der Waals surface area contributed by atoms with Crippen LogP contribution in [0.5, 0.6) is 0 Å². The van der Waals surface area contributed by atoms with Gasteiger partial charge in [0, 0.05) is 6.42 Å². The molecule has 6 nitrogen and oxygen atoms in total. The van der Waals surface area contributed by atoms with E-state index in [1.54, 1.807) is 0 Å². The van der Waals surface area contributed by atoms with Crippen molar-refractivity contribution >= 4 is 23.4 Å². The zero-order valence-corrected chi connectivity index (χ0v) is 15.4. The van der Waals surface area contributed by atoms with Gasteiger partial charge in [0.2, 0.25) is 5.89 Å². The lowest BCUT2D eigenvalue weighted by atomic mass is 10.1. The van der Waals surface area contributed by atoms with Crippen LogP contribution in [0, 0.1) is 0 Å². The van der Waals surface area contributed by atoms with Crippen LogP contribution in [0.3, 0.4) is 0 Å². The lowest BCUT2D eigenvalue weighted by Gasteiger charge is -2.09. The SMILES string of the molecule is O=C(CSc1nnc(Cc2ccccc2)o1)N1CCC(c2ccccc2)=N1. The Morgan fingerprint density at radius 2 is 1.78 bits per heavy atom. The molecule has 136 valence electrons. The largest absolute Gasteiger partial charge is 0.416 e. The van der Waals surface area contributed by atoms with Gasteiger partial charge in [-0.15, -0.1) is 10.2 Å². The first kappa shape index (κ1) is 17.5. The number of hydrogen-bond acceptors (Lipinski definition) is 6. The third-order valence-electron chi connectivity index (χ3n) is 4.16. The molecule has 1 aliphatic rings. The molecule has 1 aromatic heterocycles. The second-order valence-electron chi connectivity index (χ2n) is 6.09. The standard InChI is InChI=1S/C20H18N4O2S/c25-19(24-12-11-17(23-24)16-9-5-2-6-10-16)14-27-20-22-21-18(26-20)13-15-7-3-1-4-8-15/h1-10H,11-14H2.